The second-order valence-corrected chi connectivity index (χ2v) is 10.4. The van der Waals surface area contributed by atoms with E-state index in [1.165, 1.54) is 39.4 Å². The Morgan fingerprint density at radius 1 is 1.27 bits per heavy atom. The van der Waals surface area contributed by atoms with Crippen molar-refractivity contribution in [2.45, 2.75) is 19.9 Å². The van der Waals surface area contributed by atoms with E-state index in [4.69, 9.17) is 20.8 Å². The summed E-state index contributed by atoms with van der Waals surface area (Å²) in [6.07, 6.45) is 1.61. The van der Waals surface area contributed by atoms with Crippen molar-refractivity contribution in [3.8, 4) is 11.3 Å². The van der Waals surface area contributed by atoms with Crippen molar-refractivity contribution in [1.82, 2.24) is 4.57 Å². The molecule has 8 nitrogen and oxygen atoms in total. The summed E-state index contributed by atoms with van der Waals surface area (Å²) in [5.41, 5.74) is 1.03. The highest BCUT2D eigenvalue weighted by molar-refractivity contribution is 7.10. The van der Waals surface area contributed by atoms with Gasteiger partial charge in [-0.3, -0.25) is 9.36 Å². The van der Waals surface area contributed by atoms with Crippen LogP contribution < -0.4 is 14.9 Å². The van der Waals surface area contributed by atoms with Gasteiger partial charge in [0.25, 0.3) is 5.56 Å². The minimum Gasteiger partial charge on any atom is -0.478 e. The third kappa shape index (κ3) is 4.59. The fraction of sp³-hybridized carbons (Fsp3) is 0.154. The van der Waals surface area contributed by atoms with Crippen LogP contribution in [0.25, 0.3) is 17.4 Å². The Balaban J connectivity index is 1.59. The number of allylic oxidation sites excluding steroid dienone is 1. The molecule has 11 heteroatoms. The number of rotatable bonds is 6. The maximum absolute atomic E-state index is 13.6. The molecule has 3 aromatic heterocycles. The molecule has 0 aliphatic carbocycles. The summed E-state index contributed by atoms with van der Waals surface area (Å²) in [6, 6.07) is 11.1. The number of hydrogen-bond donors (Lipinski definition) is 1. The van der Waals surface area contributed by atoms with Crippen molar-refractivity contribution in [2.24, 2.45) is 4.99 Å². The van der Waals surface area contributed by atoms with Gasteiger partial charge in [-0.15, -0.1) is 11.3 Å². The van der Waals surface area contributed by atoms with E-state index in [2.05, 4.69) is 4.99 Å². The first-order chi connectivity index (χ1) is 17.8. The molecule has 0 saturated carbocycles. The number of carboxylic acids is 1. The van der Waals surface area contributed by atoms with Gasteiger partial charge in [0.1, 0.15) is 17.6 Å². The molecule has 0 bridgehead atoms. The molecule has 0 amide bonds. The lowest BCUT2D eigenvalue weighted by molar-refractivity contribution is -0.139. The van der Waals surface area contributed by atoms with Crippen LogP contribution >= 0.6 is 34.3 Å². The molecule has 1 aliphatic rings. The van der Waals surface area contributed by atoms with E-state index in [0.717, 1.165) is 4.88 Å². The highest BCUT2D eigenvalue weighted by Gasteiger charge is 2.33. The number of hydrogen-bond acceptors (Lipinski definition) is 8. The molecule has 1 N–H and O–H groups in total. The highest BCUT2D eigenvalue weighted by atomic mass is 35.5. The largest absolute Gasteiger partial charge is 0.478 e. The number of aromatic nitrogens is 1. The first-order valence-corrected chi connectivity index (χ1v) is 13.2. The van der Waals surface area contributed by atoms with Gasteiger partial charge < -0.3 is 14.3 Å². The molecule has 0 saturated heterocycles. The number of benzene rings is 1. The van der Waals surface area contributed by atoms with E-state index in [0.29, 0.717) is 37.7 Å². The van der Waals surface area contributed by atoms with Crippen LogP contribution in [0.1, 0.15) is 40.9 Å². The molecule has 1 aromatic carbocycles. The number of carbonyl (C=O) groups excluding carboxylic acids is 1. The summed E-state index contributed by atoms with van der Waals surface area (Å²) < 4.78 is 13.1. The van der Waals surface area contributed by atoms with Crippen LogP contribution in [0, 0.1) is 0 Å². The lowest BCUT2D eigenvalue weighted by atomic mass is 10.0. The minimum atomic E-state index is -1.14. The SMILES string of the molecule is CCOC(=O)C1=C(C)N=c2s/c(=C/c3ccc(-c4ccc(Cl)c(C(=O)O)c4)o3)c(=O)n2[C@H]1c1cccs1. The third-order valence-corrected chi connectivity index (χ3v) is 7.95. The van der Waals surface area contributed by atoms with E-state index in [9.17, 15) is 19.5 Å². The van der Waals surface area contributed by atoms with Crippen LogP contribution in [0.5, 0.6) is 0 Å². The van der Waals surface area contributed by atoms with Crippen LogP contribution in [0.15, 0.2) is 73.3 Å². The number of nitrogens with zero attached hydrogens (tertiary/aromatic N) is 2. The summed E-state index contributed by atoms with van der Waals surface area (Å²) >= 11 is 8.61. The van der Waals surface area contributed by atoms with Crippen molar-refractivity contribution in [3.05, 3.63) is 100 Å². The lowest BCUT2D eigenvalue weighted by Gasteiger charge is -2.23. The summed E-state index contributed by atoms with van der Waals surface area (Å²) in [5, 5.41) is 11.4. The smallest absolute Gasteiger partial charge is 0.338 e. The third-order valence-electron chi connectivity index (χ3n) is 5.71. The summed E-state index contributed by atoms with van der Waals surface area (Å²) in [4.78, 5) is 43.7. The minimum absolute atomic E-state index is 0.0354. The molecule has 0 radical (unpaired) electrons. The molecule has 4 heterocycles. The summed E-state index contributed by atoms with van der Waals surface area (Å²) in [7, 11) is 0. The number of thiophene rings is 1. The van der Waals surface area contributed by atoms with Crippen molar-refractivity contribution in [3.63, 3.8) is 0 Å². The van der Waals surface area contributed by atoms with Gasteiger partial charge >= 0.3 is 11.9 Å². The van der Waals surface area contributed by atoms with Gasteiger partial charge in [0, 0.05) is 16.5 Å². The standard InChI is InChI=1S/C26H19ClN2O6S2/c1-3-34-25(33)21-13(2)28-26-29(22(21)19-5-4-10-36-19)23(30)20(37-26)12-15-7-9-18(35-15)14-6-8-17(27)16(11-14)24(31)32/h4-12,22H,3H2,1-2H3,(H,31,32)/b20-12+/t22-/m0/s1. The number of aromatic carboxylic acids is 1. The molecule has 1 aliphatic heterocycles. The molecule has 0 spiro atoms. The average molecular weight is 555 g/mol. The number of carbonyl (C=O) groups is 2. The molecule has 5 rings (SSSR count). The van der Waals surface area contributed by atoms with Gasteiger partial charge in [-0.25, -0.2) is 14.6 Å². The van der Waals surface area contributed by atoms with Gasteiger partial charge in [0.05, 0.1) is 33.0 Å². The molecule has 1 atom stereocenters. The number of furan rings is 1. The van der Waals surface area contributed by atoms with E-state index >= 15 is 0 Å². The van der Waals surface area contributed by atoms with Crippen LogP contribution in [0.2, 0.25) is 5.02 Å². The molecule has 4 aromatic rings. The Hall–Kier alpha value is -3.73. The van der Waals surface area contributed by atoms with E-state index in [1.807, 2.05) is 17.5 Å². The zero-order valence-electron chi connectivity index (χ0n) is 19.6. The number of halogens is 1. The van der Waals surface area contributed by atoms with Gasteiger partial charge in [0.15, 0.2) is 4.80 Å². The number of fused-ring (bicyclic) bond motifs is 1. The Morgan fingerprint density at radius 2 is 2.08 bits per heavy atom. The second-order valence-electron chi connectivity index (χ2n) is 8.02. The fourth-order valence-corrected chi connectivity index (χ4v) is 6.11. The van der Waals surface area contributed by atoms with Gasteiger partial charge in [-0.05, 0) is 55.6 Å². The van der Waals surface area contributed by atoms with Crippen molar-refractivity contribution in [2.75, 3.05) is 6.61 Å². The van der Waals surface area contributed by atoms with Gasteiger partial charge in [-0.1, -0.05) is 29.0 Å². The number of thiazole rings is 1. The Morgan fingerprint density at radius 3 is 2.78 bits per heavy atom. The van der Waals surface area contributed by atoms with Crippen molar-refractivity contribution in [1.29, 1.82) is 0 Å². The Kier molecular flexibility index (Phi) is 6.72. The maximum atomic E-state index is 13.6. The van der Waals surface area contributed by atoms with Crippen LogP contribution in [-0.4, -0.2) is 28.2 Å². The molecule has 0 unspecified atom stereocenters. The average Bonchev–Trinajstić information content (AvgIpc) is 3.61. The first-order valence-electron chi connectivity index (χ1n) is 11.1. The van der Waals surface area contributed by atoms with Crippen molar-refractivity contribution >= 4 is 52.3 Å². The quantitative estimate of drug-likeness (QED) is 0.352. The Labute approximate surface area is 223 Å². The first kappa shape index (κ1) is 24.9. The molecular formula is C26H19ClN2O6S2. The van der Waals surface area contributed by atoms with E-state index in [1.54, 1.807) is 38.1 Å². The van der Waals surface area contributed by atoms with Crippen LogP contribution in [-0.2, 0) is 9.53 Å². The zero-order valence-corrected chi connectivity index (χ0v) is 21.9. The van der Waals surface area contributed by atoms with Gasteiger partial charge in [0.2, 0.25) is 0 Å². The number of carboxylic acid groups (broad SMARTS) is 1. The van der Waals surface area contributed by atoms with E-state index < -0.39 is 18.0 Å². The fourth-order valence-electron chi connectivity index (χ4n) is 4.06. The van der Waals surface area contributed by atoms with Gasteiger partial charge in [-0.2, -0.15) is 0 Å². The molecule has 188 valence electrons. The number of ether oxygens (including phenoxy) is 1. The monoisotopic (exact) mass is 554 g/mol. The number of esters is 1. The molecular weight excluding hydrogens is 536 g/mol. The molecule has 37 heavy (non-hydrogen) atoms. The summed E-state index contributed by atoms with van der Waals surface area (Å²) in [6.45, 7) is 3.67. The normalized spacial score (nSPS) is 15.4. The second kappa shape index (κ2) is 9.97. The topological polar surface area (TPSA) is 111 Å². The van der Waals surface area contributed by atoms with Crippen LogP contribution in [0.4, 0.5) is 0 Å². The summed E-state index contributed by atoms with van der Waals surface area (Å²) in [5.74, 6) is -0.815. The lowest BCUT2D eigenvalue weighted by Crippen LogP contribution is -2.39. The van der Waals surface area contributed by atoms with E-state index in [-0.39, 0.29) is 22.8 Å². The predicted octanol–water partition coefficient (Wildman–Crippen LogP) is 4.47. The zero-order chi connectivity index (χ0) is 26.3. The highest BCUT2D eigenvalue weighted by Crippen LogP contribution is 2.33. The predicted molar refractivity (Wildman–Crippen MR) is 141 cm³/mol. The van der Waals surface area contributed by atoms with Crippen molar-refractivity contribution < 1.29 is 23.8 Å². The molecule has 0 fully saturated rings. The van der Waals surface area contributed by atoms with Crippen LogP contribution in [0.3, 0.4) is 0 Å². The Bertz CT molecular complexity index is 1740. The maximum Gasteiger partial charge on any atom is 0.338 e.